The molecule has 1 aliphatic heterocycles. The third kappa shape index (κ3) is 1.66. The van der Waals surface area contributed by atoms with Crippen molar-refractivity contribution in [2.24, 2.45) is 11.3 Å². The molecule has 0 bridgehead atoms. The molecular weight excluding hydrogens is 246 g/mol. The molecule has 2 aliphatic rings. The molecule has 1 N–H and O–H groups in total. The highest BCUT2D eigenvalue weighted by molar-refractivity contribution is 6.31. The summed E-state index contributed by atoms with van der Waals surface area (Å²) in [6.45, 7) is 7.55. The SMILES string of the molecule is Cc1c(Cl)cccc1NC1C2CCOC2C1(C)C. The Balaban J connectivity index is 1.83. The number of fused-ring (bicyclic) bond motifs is 1. The van der Waals surface area contributed by atoms with Gasteiger partial charge in [-0.3, -0.25) is 0 Å². The van der Waals surface area contributed by atoms with Crippen molar-refractivity contribution in [2.45, 2.75) is 39.3 Å². The van der Waals surface area contributed by atoms with Crippen LogP contribution in [0.25, 0.3) is 0 Å². The van der Waals surface area contributed by atoms with Crippen LogP contribution in [0.5, 0.6) is 0 Å². The van der Waals surface area contributed by atoms with Crippen molar-refractivity contribution >= 4 is 17.3 Å². The topological polar surface area (TPSA) is 21.3 Å². The summed E-state index contributed by atoms with van der Waals surface area (Å²) >= 11 is 6.18. The summed E-state index contributed by atoms with van der Waals surface area (Å²) in [5, 5.41) is 4.51. The Hall–Kier alpha value is -0.730. The van der Waals surface area contributed by atoms with Gasteiger partial charge in [0.05, 0.1) is 6.10 Å². The van der Waals surface area contributed by atoms with Crippen LogP contribution in [0.4, 0.5) is 5.69 Å². The van der Waals surface area contributed by atoms with Gasteiger partial charge in [-0.25, -0.2) is 0 Å². The van der Waals surface area contributed by atoms with E-state index in [1.54, 1.807) is 0 Å². The van der Waals surface area contributed by atoms with Crippen molar-refractivity contribution in [1.29, 1.82) is 0 Å². The van der Waals surface area contributed by atoms with E-state index >= 15 is 0 Å². The molecule has 0 amide bonds. The van der Waals surface area contributed by atoms with Gasteiger partial charge in [0.2, 0.25) is 0 Å². The Kier molecular flexibility index (Phi) is 2.83. The van der Waals surface area contributed by atoms with E-state index in [0.29, 0.717) is 18.1 Å². The van der Waals surface area contributed by atoms with Crippen LogP contribution >= 0.6 is 11.6 Å². The maximum absolute atomic E-state index is 6.18. The Bertz CT molecular complexity index is 472. The minimum absolute atomic E-state index is 0.204. The first kappa shape index (κ1) is 12.3. The van der Waals surface area contributed by atoms with E-state index in [4.69, 9.17) is 16.3 Å². The minimum Gasteiger partial charge on any atom is -0.381 e. The molecule has 1 aliphatic carbocycles. The second kappa shape index (κ2) is 4.14. The number of rotatable bonds is 2. The third-order valence-corrected chi connectivity index (χ3v) is 5.09. The van der Waals surface area contributed by atoms with Gasteiger partial charge in [-0.2, -0.15) is 0 Å². The molecule has 1 saturated heterocycles. The van der Waals surface area contributed by atoms with Crippen molar-refractivity contribution in [1.82, 2.24) is 0 Å². The van der Waals surface area contributed by atoms with E-state index in [0.717, 1.165) is 22.9 Å². The molecule has 98 valence electrons. The van der Waals surface area contributed by atoms with Gasteiger partial charge in [-0.1, -0.05) is 31.5 Å². The summed E-state index contributed by atoms with van der Waals surface area (Å²) in [6.07, 6.45) is 1.60. The van der Waals surface area contributed by atoms with Gasteiger partial charge >= 0.3 is 0 Å². The lowest BCUT2D eigenvalue weighted by Gasteiger charge is -2.55. The van der Waals surface area contributed by atoms with E-state index in [-0.39, 0.29) is 5.41 Å². The largest absolute Gasteiger partial charge is 0.381 e. The zero-order chi connectivity index (χ0) is 12.9. The summed E-state index contributed by atoms with van der Waals surface area (Å²) in [4.78, 5) is 0. The molecule has 3 atom stereocenters. The minimum atomic E-state index is 0.204. The molecule has 18 heavy (non-hydrogen) atoms. The normalized spacial score (nSPS) is 32.8. The van der Waals surface area contributed by atoms with Gasteiger partial charge in [0.15, 0.2) is 0 Å². The maximum Gasteiger partial charge on any atom is 0.0694 e. The molecule has 2 fully saturated rings. The second-order valence-electron chi connectivity index (χ2n) is 6.10. The lowest BCUT2D eigenvalue weighted by molar-refractivity contribution is -0.0923. The van der Waals surface area contributed by atoms with Gasteiger partial charge in [-0.05, 0) is 31.0 Å². The fourth-order valence-electron chi connectivity index (χ4n) is 3.55. The molecule has 2 nitrogen and oxygen atoms in total. The van der Waals surface area contributed by atoms with E-state index < -0.39 is 0 Å². The molecule has 3 unspecified atom stereocenters. The monoisotopic (exact) mass is 265 g/mol. The maximum atomic E-state index is 6.18. The summed E-state index contributed by atoms with van der Waals surface area (Å²) in [6, 6.07) is 6.55. The molecule has 0 spiro atoms. The van der Waals surface area contributed by atoms with E-state index in [9.17, 15) is 0 Å². The molecule has 1 saturated carbocycles. The summed E-state index contributed by atoms with van der Waals surface area (Å²) in [5.41, 5.74) is 2.50. The van der Waals surface area contributed by atoms with Crippen molar-refractivity contribution in [3.05, 3.63) is 28.8 Å². The molecule has 0 aromatic heterocycles. The van der Waals surface area contributed by atoms with Gasteiger partial charge in [-0.15, -0.1) is 0 Å². The Labute approximate surface area is 114 Å². The Morgan fingerprint density at radius 1 is 1.39 bits per heavy atom. The van der Waals surface area contributed by atoms with Crippen LogP contribution in [0.3, 0.4) is 0 Å². The highest BCUT2D eigenvalue weighted by atomic mass is 35.5. The first-order valence-corrected chi connectivity index (χ1v) is 7.03. The van der Waals surface area contributed by atoms with Crippen molar-refractivity contribution in [3.63, 3.8) is 0 Å². The number of ether oxygens (including phenoxy) is 1. The Morgan fingerprint density at radius 3 is 2.94 bits per heavy atom. The van der Waals surface area contributed by atoms with Crippen molar-refractivity contribution < 1.29 is 4.74 Å². The zero-order valence-electron chi connectivity index (χ0n) is 11.2. The molecule has 1 aromatic rings. The van der Waals surface area contributed by atoms with Crippen LogP contribution in [0.15, 0.2) is 18.2 Å². The van der Waals surface area contributed by atoms with E-state index in [2.05, 4.69) is 32.2 Å². The molecule has 0 radical (unpaired) electrons. The summed E-state index contributed by atoms with van der Waals surface area (Å²) in [7, 11) is 0. The highest BCUT2D eigenvalue weighted by Gasteiger charge is 2.59. The molecule has 1 aromatic carbocycles. The van der Waals surface area contributed by atoms with Crippen LogP contribution in [0, 0.1) is 18.3 Å². The van der Waals surface area contributed by atoms with Crippen LogP contribution in [0.2, 0.25) is 5.02 Å². The number of halogens is 1. The van der Waals surface area contributed by atoms with Crippen LogP contribution in [-0.2, 0) is 4.74 Å². The van der Waals surface area contributed by atoms with Crippen molar-refractivity contribution in [3.8, 4) is 0 Å². The summed E-state index contributed by atoms with van der Waals surface area (Å²) in [5.74, 6) is 0.651. The fraction of sp³-hybridized carbons (Fsp3) is 0.600. The van der Waals surface area contributed by atoms with Crippen LogP contribution in [-0.4, -0.2) is 18.8 Å². The van der Waals surface area contributed by atoms with Crippen LogP contribution < -0.4 is 5.32 Å². The lowest BCUT2D eigenvalue weighted by Crippen LogP contribution is -2.63. The van der Waals surface area contributed by atoms with Crippen molar-refractivity contribution in [2.75, 3.05) is 11.9 Å². The van der Waals surface area contributed by atoms with Gasteiger partial charge < -0.3 is 10.1 Å². The smallest absolute Gasteiger partial charge is 0.0694 e. The lowest BCUT2D eigenvalue weighted by atomic mass is 9.57. The average molecular weight is 266 g/mol. The predicted octanol–water partition coefficient (Wildman–Crippen LogP) is 3.87. The van der Waals surface area contributed by atoms with Gasteiger partial charge in [0.25, 0.3) is 0 Å². The van der Waals surface area contributed by atoms with E-state index in [1.807, 2.05) is 12.1 Å². The Morgan fingerprint density at radius 2 is 2.17 bits per heavy atom. The fourth-order valence-corrected chi connectivity index (χ4v) is 3.72. The summed E-state index contributed by atoms with van der Waals surface area (Å²) < 4.78 is 5.82. The first-order chi connectivity index (χ1) is 8.51. The van der Waals surface area contributed by atoms with Gasteiger partial charge in [0.1, 0.15) is 0 Å². The molecule has 3 heteroatoms. The molecule has 1 heterocycles. The predicted molar refractivity (Wildman–Crippen MR) is 75.2 cm³/mol. The zero-order valence-corrected chi connectivity index (χ0v) is 11.9. The number of nitrogens with one attached hydrogen (secondary N) is 1. The first-order valence-electron chi connectivity index (χ1n) is 6.65. The van der Waals surface area contributed by atoms with Crippen LogP contribution in [0.1, 0.15) is 25.8 Å². The highest BCUT2D eigenvalue weighted by Crippen LogP contribution is 2.53. The van der Waals surface area contributed by atoms with E-state index in [1.165, 1.54) is 6.42 Å². The number of benzene rings is 1. The average Bonchev–Trinajstić information content (AvgIpc) is 2.77. The standard InChI is InChI=1S/C15H20ClNO/c1-9-11(16)5-4-6-12(9)17-13-10-7-8-18-14(10)15(13,2)3/h4-6,10,13-14,17H,7-8H2,1-3H3. The second-order valence-corrected chi connectivity index (χ2v) is 6.51. The third-order valence-electron chi connectivity index (χ3n) is 4.68. The number of hydrogen-bond acceptors (Lipinski definition) is 2. The molecule has 3 rings (SSSR count). The molecular formula is C15H20ClNO. The quantitative estimate of drug-likeness (QED) is 0.876. The number of hydrogen-bond donors (Lipinski definition) is 1. The number of anilines is 1. The van der Waals surface area contributed by atoms with Gasteiger partial charge in [0, 0.05) is 34.7 Å².